The summed E-state index contributed by atoms with van der Waals surface area (Å²) in [5, 5.41) is 8.96. The lowest BCUT2D eigenvalue weighted by Gasteiger charge is -2.14. The number of aliphatic carboxylic acids is 1. The summed E-state index contributed by atoms with van der Waals surface area (Å²) in [5.74, 6) is -1.13. The molecule has 92 valence electrons. The van der Waals surface area contributed by atoms with E-state index < -0.39 is 17.7 Å². The first-order valence-electron chi connectivity index (χ1n) is 5.73. The summed E-state index contributed by atoms with van der Waals surface area (Å²) < 4.78 is 18.7. The van der Waals surface area contributed by atoms with Crippen molar-refractivity contribution in [2.24, 2.45) is 5.92 Å². The Morgan fingerprint density at radius 1 is 1.59 bits per heavy atom. The van der Waals surface area contributed by atoms with Crippen LogP contribution in [0.3, 0.4) is 0 Å². The van der Waals surface area contributed by atoms with E-state index in [0.717, 1.165) is 12.8 Å². The molecule has 1 fully saturated rings. The van der Waals surface area contributed by atoms with E-state index in [0.29, 0.717) is 23.8 Å². The molecule has 1 aliphatic rings. The van der Waals surface area contributed by atoms with Crippen molar-refractivity contribution in [2.75, 3.05) is 6.61 Å². The third-order valence-corrected chi connectivity index (χ3v) is 2.98. The molecule has 0 saturated heterocycles. The minimum atomic E-state index is -0.980. The zero-order chi connectivity index (χ0) is 12.4. The van der Waals surface area contributed by atoms with Crippen LogP contribution < -0.4 is 4.74 Å². The summed E-state index contributed by atoms with van der Waals surface area (Å²) in [6.45, 7) is 2.12. The molecule has 0 amide bonds. The van der Waals surface area contributed by atoms with Gasteiger partial charge in [-0.05, 0) is 43.9 Å². The average molecular weight is 238 g/mol. The molecular weight excluding hydrogens is 223 g/mol. The van der Waals surface area contributed by atoms with Gasteiger partial charge in [0, 0.05) is 5.56 Å². The summed E-state index contributed by atoms with van der Waals surface area (Å²) >= 11 is 0. The van der Waals surface area contributed by atoms with Gasteiger partial charge >= 0.3 is 5.97 Å². The zero-order valence-corrected chi connectivity index (χ0v) is 9.65. The Balaban J connectivity index is 2.19. The minimum Gasteiger partial charge on any atom is -0.493 e. The van der Waals surface area contributed by atoms with E-state index in [1.165, 1.54) is 25.1 Å². The van der Waals surface area contributed by atoms with E-state index in [4.69, 9.17) is 9.84 Å². The van der Waals surface area contributed by atoms with Crippen LogP contribution in [0, 0.1) is 11.7 Å². The molecule has 0 bridgehead atoms. The summed E-state index contributed by atoms with van der Waals surface area (Å²) in [6.07, 6.45) is 2.32. The van der Waals surface area contributed by atoms with Crippen LogP contribution in [-0.2, 0) is 4.79 Å². The van der Waals surface area contributed by atoms with Gasteiger partial charge in [-0.25, -0.2) is 4.39 Å². The highest BCUT2D eigenvalue weighted by Crippen LogP contribution is 2.32. The number of ether oxygens (including phenoxy) is 1. The van der Waals surface area contributed by atoms with Gasteiger partial charge in [0.25, 0.3) is 0 Å². The van der Waals surface area contributed by atoms with Crippen molar-refractivity contribution in [3.05, 3.63) is 29.6 Å². The standard InChI is InChI=1S/C13H15FO3/c1-8(13(15)16)11-6-10(14)4-5-12(11)17-7-9-2-3-9/h4-6,8-9H,2-3,7H2,1H3,(H,15,16). The van der Waals surface area contributed by atoms with Crippen LogP contribution in [0.25, 0.3) is 0 Å². The highest BCUT2D eigenvalue weighted by Gasteiger charge is 2.24. The molecule has 1 aromatic carbocycles. The van der Waals surface area contributed by atoms with Gasteiger partial charge in [0.2, 0.25) is 0 Å². The Bertz CT molecular complexity index is 427. The van der Waals surface area contributed by atoms with Crippen LogP contribution in [0.2, 0.25) is 0 Å². The quantitative estimate of drug-likeness (QED) is 0.858. The van der Waals surface area contributed by atoms with Gasteiger partial charge in [-0.15, -0.1) is 0 Å². The molecule has 1 saturated carbocycles. The third kappa shape index (κ3) is 2.96. The van der Waals surface area contributed by atoms with E-state index in [9.17, 15) is 9.18 Å². The Hall–Kier alpha value is -1.58. The largest absolute Gasteiger partial charge is 0.493 e. The molecule has 0 radical (unpaired) electrons. The molecule has 0 spiro atoms. The van der Waals surface area contributed by atoms with Gasteiger partial charge < -0.3 is 9.84 Å². The maximum absolute atomic E-state index is 13.1. The maximum atomic E-state index is 13.1. The van der Waals surface area contributed by atoms with Crippen LogP contribution in [0.4, 0.5) is 4.39 Å². The van der Waals surface area contributed by atoms with Crippen LogP contribution >= 0.6 is 0 Å². The second-order valence-corrected chi connectivity index (χ2v) is 4.50. The number of benzene rings is 1. The third-order valence-electron chi connectivity index (χ3n) is 2.98. The second-order valence-electron chi connectivity index (χ2n) is 4.50. The van der Waals surface area contributed by atoms with Crippen LogP contribution in [0.15, 0.2) is 18.2 Å². The number of halogens is 1. The van der Waals surface area contributed by atoms with Crippen molar-refractivity contribution >= 4 is 5.97 Å². The number of rotatable bonds is 5. The number of carbonyl (C=O) groups is 1. The Morgan fingerprint density at radius 3 is 2.88 bits per heavy atom. The summed E-state index contributed by atoms with van der Waals surface area (Å²) in [5.41, 5.74) is 0.401. The smallest absolute Gasteiger partial charge is 0.310 e. The molecule has 1 aromatic rings. The SMILES string of the molecule is CC(C(=O)O)c1cc(F)ccc1OCC1CC1. The van der Waals surface area contributed by atoms with Gasteiger partial charge in [-0.2, -0.15) is 0 Å². The van der Waals surface area contributed by atoms with E-state index >= 15 is 0 Å². The Labute approximate surface area is 99.2 Å². The van der Waals surface area contributed by atoms with Crippen LogP contribution in [0.1, 0.15) is 31.2 Å². The molecule has 17 heavy (non-hydrogen) atoms. The van der Waals surface area contributed by atoms with Crippen LogP contribution in [0.5, 0.6) is 5.75 Å². The van der Waals surface area contributed by atoms with Gasteiger partial charge in [-0.1, -0.05) is 0 Å². The lowest BCUT2D eigenvalue weighted by atomic mass is 10.0. The highest BCUT2D eigenvalue weighted by molar-refractivity contribution is 5.76. The average Bonchev–Trinajstić information content (AvgIpc) is 3.10. The predicted octanol–water partition coefficient (Wildman–Crippen LogP) is 2.80. The number of carboxylic acid groups (broad SMARTS) is 1. The summed E-state index contributed by atoms with van der Waals surface area (Å²) in [6, 6.07) is 4.04. The fourth-order valence-electron chi connectivity index (χ4n) is 1.61. The van der Waals surface area contributed by atoms with Gasteiger partial charge in [0.05, 0.1) is 12.5 Å². The van der Waals surface area contributed by atoms with Crippen molar-refractivity contribution in [2.45, 2.75) is 25.7 Å². The normalized spacial score (nSPS) is 16.6. The highest BCUT2D eigenvalue weighted by atomic mass is 19.1. The molecule has 1 unspecified atom stereocenters. The number of hydrogen-bond acceptors (Lipinski definition) is 2. The molecular formula is C13H15FO3. The monoisotopic (exact) mass is 238 g/mol. The topological polar surface area (TPSA) is 46.5 Å². The first-order valence-corrected chi connectivity index (χ1v) is 5.73. The summed E-state index contributed by atoms with van der Waals surface area (Å²) in [7, 11) is 0. The van der Waals surface area contributed by atoms with Gasteiger partial charge in [0.15, 0.2) is 0 Å². The van der Waals surface area contributed by atoms with E-state index in [2.05, 4.69) is 0 Å². The van der Waals surface area contributed by atoms with Crippen LogP contribution in [-0.4, -0.2) is 17.7 Å². The Kier molecular flexibility index (Phi) is 3.31. The van der Waals surface area contributed by atoms with E-state index in [-0.39, 0.29) is 0 Å². The first-order chi connectivity index (χ1) is 8.08. The number of carboxylic acids is 1. The lowest BCUT2D eigenvalue weighted by Crippen LogP contribution is -2.11. The van der Waals surface area contributed by atoms with Crippen molar-refractivity contribution in [3.8, 4) is 5.75 Å². The molecule has 0 aliphatic heterocycles. The Morgan fingerprint density at radius 2 is 2.29 bits per heavy atom. The lowest BCUT2D eigenvalue weighted by molar-refractivity contribution is -0.138. The fourth-order valence-corrected chi connectivity index (χ4v) is 1.61. The molecule has 1 atom stereocenters. The zero-order valence-electron chi connectivity index (χ0n) is 9.65. The van der Waals surface area contributed by atoms with Crippen molar-refractivity contribution in [3.63, 3.8) is 0 Å². The number of hydrogen-bond donors (Lipinski definition) is 1. The van der Waals surface area contributed by atoms with E-state index in [1.54, 1.807) is 0 Å². The van der Waals surface area contributed by atoms with E-state index in [1.807, 2.05) is 0 Å². The maximum Gasteiger partial charge on any atom is 0.310 e. The molecule has 4 heteroatoms. The van der Waals surface area contributed by atoms with Gasteiger partial charge in [-0.3, -0.25) is 4.79 Å². The molecule has 3 nitrogen and oxygen atoms in total. The second kappa shape index (κ2) is 4.73. The first kappa shape index (κ1) is 11.9. The fraction of sp³-hybridized carbons (Fsp3) is 0.462. The molecule has 2 rings (SSSR count). The molecule has 0 heterocycles. The molecule has 0 aromatic heterocycles. The van der Waals surface area contributed by atoms with Gasteiger partial charge in [0.1, 0.15) is 11.6 Å². The van der Waals surface area contributed by atoms with Crippen molar-refractivity contribution in [1.29, 1.82) is 0 Å². The minimum absolute atomic E-state index is 0.401. The molecule has 1 aliphatic carbocycles. The molecule has 1 N–H and O–H groups in total. The predicted molar refractivity (Wildman–Crippen MR) is 60.7 cm³/mol. The summed E-state index contributed by atoms with van der Waals surface area (Å²) in [4.78, 5) is 10.9. The van der Waals surface area contributed by atoms with Crippen molar-refractivity contribution < 1.29 is 19.0 Å². The van der Waals surface area contributed by atoms with Crippen molar-refractivity contribution in [1.82, 2.24) is 0 Å².